The Hall–Kier alpha value is -1.73. The normalized spacial score (nSPS) is 10.9. The minimum Gasteiger partial charge on any atom is -0.366 e. The van der Waals surface area contributed by atoms with E-state index in [0.717, 1.165) is 8.66 Å². The summed E-state index contributed by atoms with van der Waals surface area (Å²) in [6.07, 6.45) is 1.53. The summed E-state index contributed by atoms with van der Waals surface area (Å²) in [5, 5.41) is 0. The number of carbonyl (C=O) groups excluding carboxylic acids is 1. The average Bonchev–Trinajstić information content (AvgIpc) is 2.93. The first-order valence-corrected chi connectivity index (χ1v) is 6.66. The summed E-state index contributed by atoms with van der Waals surface area (Å²) in [7, 11) is 0. The van der Waals surface area contributed by atoms with Gasteiger partial charge in [0.2, 0.25) is 0 Å². The van der Waals surface area contributed by atoms with E-state index in [0.29, 0.717) is 22.6 Å². The molecule has 0 unspecified atom stereocenters. The molecule has 3 N–H and O–H groups in total. The summed E-state index contributed by atoms with van der Waals surface area (Å²) in [6, 6.07) is 5.46. The predicted octanol–water partition coefficient (Wildman–Crippen LogP) is 2.55. The highest BCUT2D eigenvalue weighted by molar-refractivity contribution is 9.11. The molecule has 0 saturated carbocycles. The highest BCUT2D eigenvalue weighted by Gasteiger charge is 2.13. The smallest absolute Gasteiger partial charge is 0.251 e. The van der Waals surface area contributed by atoms with Crippen molar-refractivity contribution in [3.05, 3.63) is 33.7 Å². The fourth-order valence-corrected chi connectivity index (χ4v) is 3.01. The third-order valence-corrected chi connectivity index (χ3v) is 4.09. The largest absolute Gasteiger partial charge is 0.366 e. The fourth-order valence-electron chi connectivity index (χ4n) is 1.67. The number of imidazole rings is 1. The standard InChI is InChI=1S/C11H7BrN4OS/c12-7-2-1-6(18-7)10-15-8-5(9(13)17)3-4-14-11(8)16-10/h1-4H,(H2,13,17)(H,14,15,16). The third kappa shape index (κ3) is 1.81. The molecule has 0 spiro atoms. The molecular weight excluding hydrogens is 316 g/mol. The zero-order valence-corrected chi connectivity index (χ0v) is 11.4. The number of hydrogen-bond acceptors (Lipinski definition) is 4. The third-order valence-electron chi connectivity index (χ3n) is 2.46. The van der Waals surface area contributed by atoms with Crippen LogP contribution in [0.3, 0.4) is 0 Å². The molecule has 3 rings (SSSR count). The summed E-state index contributed by atoms with van der Waals surface area (Å²) >= 11 is 4.95. The molecule has 0 fully saturated rings. The van der Waals surface area contributed by atoms with Crippen LogP contribution in [0.1, 0.15) is 10.4 Å². The monoisotopic (exact) mass is 322 g/mol. The second-order valence-corrected chi connectivity index (χ2v) is 6.07. The van der Waals surface area contributed by atoms with E-state index < -0.39 is 5.91 Å². The SMILES string of the molecule is NC(=O)c1ccnc2nc(-c3ccc(Br)s3)[nH]c12. The van der Waals surface area contributed by atoms with Crippen molar-refractivity contribution < 1.29 is 4.79 Å². The number of hydrogen-bond donors (Lipinski definition) is 2. The van der Waals surface area contributed by atoms with Gasteiger partial charge in [-0.15, -0.1) is 11.3 Å². The molecule has 7 heteroatoms. The predicted molar refractivity (Wildman–Crippen MR) is 73.4 cm³/mol. The number of carbonyl (C=O) groups is 1. The van der Waals surface area contributed by atoms with Gasteiger partial charge in [0.05, 0.1) is 19.7 Å². The molecule has 0 saturated heterocycles. The molecule has 0 aliphatic carbocycles. The Morgan fingerprint density at radius 1 is 1.39 bits per heavy atom. The van der Waals surface area contributed by atoms with Gasteiger partial charge in [0, 0.05) is 6.20 Å². The maximum atomic E-state index is 11.3. The number of amides is 1. The number of aromatic amines is 1. The van der Waals surface area contributed by atoms with E-state index in [1.54, 1.807) is 17.4 Å². The molecule has 5 nitrogen and oxygen atoms in total. The lowest BCUT2D eigenvalue weighted by Gasteiger charge is -1.94. The van der Waals surface area contributed by atoms with Crippen molar-refractivity contribution in [1.29, 1.82) is 0 Å². The number of nitrogens with two attached hydrogens (primary N) is 1. The van der Waals surface area contributed by atoms with Crippen molar-refractivity contribution in [2.75, 3.05) is 0 Å². The van der Waals surface area contributed by atoms with E-state index >= 15 is 0 Å². The number of pyridine rings is 1. The molecule has 0 radical (unpaired) electrons. The molecule has 0 aliphatic rings. The van der Waals surface area contributed by atoms with E-state index in [9.17, 15) is 4.79 Å². The van der Waals surface area contributed by atoms with Crippen LogP contribution in [0, 0.1) is 0 Å². The van der Waals surface area contributed by atoms with Crippen molar-refractivity contribution in [3.8, 4) is 10.7 Å². The van der Waals surface area contributed by atoms with Crippen LogP contribution in [0.4, 0.5) is 0 Å². The Labute approximate surface area is 114 Å². The molecule has 3 heterocycles. The average molecular weight is 323 g/mol. The Bertz CT molecular complexity index is 748. The number of H-pyrrole nitrogens is 1. The molecule has 0 bridgehead atoms. The Morgan fingerprint density at radius 3 is 2.89 bits per heavy atom. The second kappa shape index (κ2) is 4.18. The lowest BCUT2D eigenvalue weighted by atomic mass is 10.2. The van der Waals surface area contributed by atoms with E-state index in [4.69, 9.17) is 5.73 Å². The van der Waals surface area contributed by atoms with E-state index in [-0.39, 0.29) is 0 Å². The number of halogens is 1. The second-order valence-electron chi connectivity index (χ2n) is 3.61. The zero-order chi connectivity index (χ0) is 12.7. The summed E-state index contributed by atoms with van der Waals surface area (Å²) in [4.78, 5) is 23.8. The van der Waals surface area contributed by atoms with Gasteiger partial charge < -0.3 is 10.7 Å². The number of rotatable bonds is 2. The van der Waals surface area contributed by atoms with Gasteiger partial charge in [0.25, 0.3) is 5.91 Å². The van der Waals surface area contributed by atoms with Gasteiger partial charge in [-0.2, -0.15) is 0 Å². The molecule has 90 valence electrons. The van der Waals surface area contributed by atoms with E-state index in [1.807, 2.05) is 12.1 Å². The minimum absolute atomic E-state index is 0.398. The van der Waals surface area contributed by atoms with Crippen LogP contribution >= 0.6 is 27.3 Å². The highest BCUT2D eigenvalue weighted by atomic mass is 79.9. The van der Waals surface area contributed by atoms with Crippen molar-refractivity contribution in [2.45, 2.75) is 0 Å². The van der Waals surface area contributed by atoms with Crippen LogP contribution in [0.2, 0.25) is 0 Å². The van der Waals surface area contributed by atoms with Crippen LogP contribution in [-0.2, 0) is 0 Å². The quantitative estimate of drug-likeness (QED) is 0.760. The maximum absolute atomic E-state index is 11.3. The summed E-state index contributed by atoms with van der Waals surface area (Å²) < 4.78 is 1.01. The van der Waals surface area contributed by atoms with E-state index in [1.165, 1.54) is 6.20 Å². The van der Waals surface area contributed by atoms with Gasteiger partial charge in [0.1, 0.15) is 0 Å². The molecule has 1 amide bonds. The minimum atomic E-state index is -0.495. The molecule has 3 aromatic heterocycles. The van der Waals surface area contributed by atoms with Gasteiger partial charge in [-0.1, -0.05) is 0 Å². The number of nitrogens with one attached hydrogen (secondary N) is 1. The molecule has 0 atom stereocenters. The van der Waals surface area contributed by atoms with Crippen LogP contribution in [-0.4, -0.2) is 20.9 Å². The van der Waals surface area contributed by atoms with Crippen molar-refractivity contribution in [3.63, 3.8) is 0 Å². The van der Waals surface area contributed by atoms with Gasteiger partial charge in [0.15, 0.2) is 11.5 Å². The van der Waals surface area contributed by atoms with Crippen molar-refractivity contribution in [2.24, 2.45) is 5.73 Å². The van der Waals surface area contributed by atoms with Crippen LogP contribution in [0.25, 0.3) is 21.9 Å². The van der Waals surface area contributed by atoms with E-state index in [2.05, 4.69) is 30.9 Å². The summed E-state index contributed by atoms with van der Waals surface area (Å²) in [6.45, 7) is 0. The number of fused-ring (bicyclic) bond motifs is 1. The molecule has 3 aromatic rings. The van der Waals surface area contributed by atoms with Crippen molar-refractivity contribution in [1.82, 2.24) is 15.0 Å². The van der Waals surface area contributed by atoms with Crippen LogP contribution in [0.5, 0.6) is 0 Å². The maximum Gasteiger partial charge on any atom is 0.251 e. The fraction of sp³-hybridized carbons (Fsp3) is 0. The summed E-state index contributed by atoms with van der Waals surface area (Å²) in [5.41, 5.74) is 6.78. The van der Waals surface area contributed by atoms with Gasteiger partial charge in [-0.25, -0.2) is 9.97 Å². The zero-order valence-electron chi connectivity index (χ0n) is 8.98. The van der Waals surface area contributed by atoms with Crippen molar-refractivity contribution >= 4 is 44.3 Å². The number of thiophene rings is 1. The molecule has 18 heavy (non-hydrogen) atoms. The number of aromatic nitrogens is 3. The van der Waals surface area contributed by atoms with Crippen LogP contribution in [0.15, 0.2) is 28.2 Å². The first-order chi connectivity index (χ1) is 8.65. The van der Waals surface area contributed by atoms with Gasteiger partial charge in [-0.05, 0) is 34.1 Å². The molecular formula is C11H7BrN4OS. The number of nitrogens with zero attached hydrogens (tertiary/aromatic N) is 2. The van der Waals surface area contributed by atoms with Crippen LogP contribution < -0.4 is 5.73 Å². The first-order valence-electron chi connectivity index (χ1n) is 5.05. The van der Waals surface area contributed by atoms with Gasteiger partial charge >= 0.3 is 0 Å². The lowest BCUT2D eigenvalue weighted by Crippen LogP contribution is -2.11. The lowest BCUT2D eigenvalue weighted by molar-refractivity contribution is 0.100. The molecule has 0 aliphatic heterocycles. The summed E-state index contributed by atoms with van der Waals surface area (Å²) in [5.74, 6) is 0.187. The van der Waals surface area contributed by atoms with Gasteiger partial charge in [-0.3, -0.25) is 4.79 Å². The topological polar surface area (TPSA) is 84.7 Å². The Kier molecular flexibility index (Phi) is 2.64. The Morgan fingerprint density at radius 2 is 2.22 bits per heavy atom. The first kappa shape index (κ1) is 11.4. The highest BCUT2D eigenvalue weighted by Crippen LogP contribution is 2.30. The Balaban J connectivity index is 2.22. The number of primary amides is 1. The molecule has 0 aromatic carbocycles.